The Labute approximate surface area is 356 Å². The number of quaternary nitrogens is 1. The van der Waals surface area contributed by atoms with E-state index in [0.717, 1.165) is 83.5 Å². The van der Waals surface area contributed by atoms with Crippen molar-refractivity contribution in [2.45, 2.75) is 199 Å². The number of unbranched alkanes of at least 4 members (excludes halogenated alkanes) is 17. The second kappa shape index (κ2) is 40.8. The molecule has 0 aliphatic rings. The van der Waals surface area contributed by atoms with Crippen molar-refractivity contribution in [2.75, 3.05) is 41.0 Å². The van der Waals surface area contributed by atoms with Gasteiger partial charge in [-0.25, -0.2) is 0 Å². The fourth-order valence-corrected chi connectivity index (χ4v) is 6.57. The second-order valence-corrected chi connectivity index (χ2v) is 16.6. The van der Waals surface area contributed by atoms with Gasteiger partial charge in [0.2, 0.25) is 0 Å². The van der Waals surface area contributed by atoms with E-state index in [0.29, 0.717) is 12.8 Å². The molecule has 0 heterocycles. The Hall–Kier alpha value is -2.97. The molecule has 0 saturated heterocycles. The number of hydrogen-bond acceptors (Lipinski definition) is 7. The van der Waals surface area contributed by atoms with Gasteiger partial charge in [0.05, 0.1) is 40.3 Å². The van der Waals surface area contributed by atoms with E-state index in [2.05, 4.69) is 74.6 Å². The van der Waals surface area contributed by atoms with E-state index in [9.17, 15) is 19.5 Å². The first kappa shape index (κ1) is 55.0. The fraction of sp³-hybridized carbons (Fsp3) is 0.740. The molecule has 8 nitrogen and oxygen atoms in total. The average Bonchev–Trinajstić information content (AvgIpc) is 3.18. The van der Waals surface area contributed by atoms with Gasteiger partial charge in [0.15, 0.2) is 6.10 Å². The van der Waals surface area contributed by atoms with Crippen LogP contribution in [0, 0.1) is 0 Å². The molecule has 0 spiro atoms. The summed E-state index contributed by atoms with van der Waals surface area (Å²) in [7, 11) is 5.40. The van der Waals surface area contributed by atoms with Crippen LogP contribution in [0.15, 0.2) is 60.8 Å². The van der Waals surface area contributed by atoms with E-state index in [-0.39, 0.29) is 42.7 Å². The number of carboxylic acid groups (broad SMARTS) is 1. The minimum Gasteiger partial charge on any atom is -0.544 e. The predicted octanol–water partition coefficient (Wildman–Crippen LogP) is 11.6. The number of carboxylic acids is 1. The Balaban J connectivity index is 4.29. The van der Waals surface area contributed by atoms with E-state index in [1.807, 2.05) is 0 Å². The van der Waals surface area contributed by atoms with Gasteiger partial charge in [0.25, 0.3) is 0 Å². The number of allylic oxidation sites excluding steroid dienone is 10. The minimum absolute atomic E-state index is 0.0357. The molecule has 0 saturated carbocycles. The zero-order chi connectivity index (χ0) is 42.8. The van der Waals surface area contributed by atoms with E-state index in [1.54, 1.807) is 21.1 Å². The van der Waals surface area contributed by atoms with Crippen LogP contribution in [0.3, 0.4) is 0 Å². The first-order chi connectivity index (χ1) is 28.1. The summed E-state index contributed by atoms with van der Waals surface area (Å²) in [6.45, 7) is 4.53. The largest absolute Gasteiger partial charge is 0.544 e. The monoisotopic (exact) mass is 814 g/mol. The summed E-state index contributed by atoms with van der Waals surface area (Å²) >= 11 is 0. The zero-order valence-electron chi connectivity index (χ0n) is 37.9. The Bertz CT molecular complexity index is 1130. The molecule has 0 N–H and O–H groups in total. The van der Waals surface area contributed by atoms with Crippen LogP contribution in [0.2, 0.25) is 0 Å². The van der Waals surface area contributed by atoms with Gasteiger partial charge >= 0.3 is 11.9 Å². The first-order valence-corrected chi connectivity index (χ1v) is 23.3. The topological polar surface area (TPSA) is 102 Å². The number of esters is 2. The molecule has 58 heavy (non-hydrogen) atoms. The molecule has 2 unspecified atom stereocenters. The van der Waals surface area contributed by atoms with E-state index in [4.69, 9.17) is 14.2 Å². The van der Waals surface area contributed by atoms with E-state index in [1.165, 1.54) is 70.6 Å². The van der Waals surface area contributed by atoms with Gasteiger partial charge in [-0.15, -0.1) is 0 Å². The molecule has 0 aromatic rings. The molecule has 0 amide bonds. The molecule has 8 heteroatoms. The molecular weight excluding hydrogens is 727 g/mol. The van der Waals surface area contributed by atoms with E-state index >= 15 is 0 Å². The van der Waals surface area contributed by atoms with Crippen molar-refractivity contribution in [2.24, 2.45) is 0 Å². The van der Waals surface area contributed by atoms with E-state index < -0.39 is 18.1 Å². The van der Waals surface area contributed by atoms with Gasteiger partial charge in [-0.3, -0.25) is 9.59 Å². The summed E-state index contributed by atoms with van der Waals surface area (Å²) in [6, 6.07) is -0.728. The molecule has 0 bridgehead atoms. The zero-order valence-corrected chi connectivity index (χ0v) is 37.9. The van der Waals surface area contributed by atoms with Crippen LogP contribution in [0.4, 0.5) is 0 Å². The quantitative estimate of drug-likeness (QED) is 0.0262. The van der Waals surface area contributed by atoms with Crippen molar-refractivity contribution in [3.8, 4) is 0 Å². The molecule has 0 aromatic heterocycles. The summed E-state index contributed by atoms with van der Waals surface area (Å²) in [5, 5.41) is 11.6. The minimum atomic E-state index is -1.13. The SMILES string of the molecule is CC/C=C/C/C=C/C/C=C/C/C=C/C/C=C/CCCCCCCCC(=O)OCC(COCCC(C(=O)[O-])[N+](C)(C)C)OC(=O)CCCCCCCCCCCCCC. The lowest BCUT2D eigenvalue weighted by molar-refractivity contribution is -0.889. The Morgan fingerprint density at radius 1 is 0.534 bits per heavy atom. The number of likely N-dealkylation sites (N-methyl/N-ethyl adjacent to an activating group) is 1. The number of nitrogens with zero attached hydrogens (tertiary/aromatic N) is 1. The molecule has 0 fully saturated rings. The Morgan fingerprint density at radius 3 is 1.43 bits per heavy atom. The predicted molar refractivity (Wildman–Crippen MR) is 240 cm³/mol. The Kier molecular flexibility index (Phi) is 38.7. The van der Waals surface area contributed by atoms with Crippen LogP contribution in [0.5, 0.6) is 0 Å². The third-order valence-electron chi connectivity index (χ3n) is 10.2. The van der Waals surface area contributed by atoms with Gasteiger partial charge in [-0.05, 0) is 57.8 Å². The van der Waals surface area contributed by atoms with Gasteiger partial charge in [-0.1, -0.05) is 171 Å². The molecule has 0 aliphatic carbocycles. The molecule has 0 radical (unpaired) electrons. The highest BCUT2D eigenvalue weighted by Crippen LogP contribution is 2.14. The lowest BCUT2D eigenvalue weighted by atomic mass is 10.0. The maximum absolute atomic E-state index is 12.7. The number of ether oxygens (including phenoxy) is 3. The van der Waals surface area contributed by atoms with Gasteiger partial charge in [-0.2, -0.15) is 0 Å². The lowest BCUT2D eigenvalue weighted by Gasteiger charge is -2.34. The number of aliphatic carboxylic acids is 1. The Morgan fingerprint density at radius 2 is 0.966 bits per heavy atom. The molecular formula is C50H87NO7. The van der Waals surface area contributed by atoms with Crippen molar-refractivity contribution in [1.82, 2.24) is 0 Å². The molecule has 334 valence electrons. The number of rotatable bonds is 41. The van der Waals surface area contributed by atoms with Crippen LogP contribution in [-0.4, -0.2) is 75.5 Å². The summed E-state index contributed by atoms with van der Waals surface area (Å²) in [5.74, 6) is -1.75. The van der Waals surface area contributed by atoms with Crippen LogP contribution in [0.25, 0.3) is 0 Å². The third kappa shape index (κ3) is 38.5. The lowest BCUT2D eigenvalue weighted by Crippen LogP contribution is -2.55. The summed E-state index contributed by atoms with van der Waals surface area (Å²) in [5.41, 5.74) is 0. The summed E-state index contributed by atoms with van der Waals surface area (Å²) in [4.78, 5) is 36.9. The smallest absolute Gasteiger partial charge is 0.306 e. The van der Waals surface area contributed by atoms with Crippen molar-refractivity contribution < 1.29 is 38.2 Å². The molecule has 0 rings (SSSR count). The highest BCUT2D eigenvalue weighted by Gasteiger charge is 2.25. The average molecular weight is 814 g/mol. The van der Waals surface area contributed by atoms with Crippen molar-refractivity contribution in [1.29, 1.82) is 0 Å². The standard InChI is InChI=1S/C50H87NO7/c1-6-8-10-12-14-16-18-20-21-22-23-24-25-26-27-28-29-31-32-34-36-38-40-48(52)57-45-46(44-56-43-42-47(50(54)55)51(3,4)5)58-49(53)41-39-37-35-33-30-19-17-15-13-11-9-7-2/h8,10,14,16,20-21,23-24,26-27,46-47H,6-7,9,11-13,15,17-19,22,25,28-45H2,1-5H3/b10-8+,16-14+,21-20+,24-23+,27-26+. The highest BCUT2D eigenvalue weighted by atomic mass is 16.6. The van der Waals surface area contributed by atoms with Crippen LogP contribution >= 0.6 is 0 Å². The van der Waals surface area contributed by atoms with Crippen molar-refractivity contribution in [3.63, 3.8) is 0 Å². The summed E-state index contributed by atoms with van der Waals surface area (Å²) in [6.07, 6.45) is 49.6. The fourth-order valence-electron chi connectivity index (χ4n) is 6.57. The first-order valence-electron chi connectivity index (χ1n) is 23.3. The second-order valence-electron chi connectivity index (χ2n) is 16.6. The molecule has 0 aromatic carbocycles. The van der Waals surface area contributed by atoms with Crippen LogP contribution in [-0.2, 0) is 28.6 Å². The van der Waals surface area contributed by atoms with Crippen molar-refractivity contribution in [3.05, 3.63) is 60.8 Å². The maximum atomic E-state index is 12.7. The van der Waals surface area contributed by atoms with Gasteiger partial charge in [0.1, 0.15) is 12.6 Å². The van der Waals surface area contributed by atoms with Crippen LogP contribution < -0.4 is 5.11 Å². The summed E-state index contributed by atoms with van der Waals surface area (Å²) < 4.78 is 17.2. The van der Waals surface area contributed by atoms with Crippen molar-refractivity contribution >= 4 is 17.9 Å². The number of carbonyl (C=O) groups is 3. The number of carbonyl (C=O) groups excluding carboxylic acids is 3. The van der Waals surface area contributed by atoms with Crippen LogP contribution in [0.1, 0.15) is 187 Å². The third-order valence-corrected chi connectivity index (χ3v) is 10.2. The highest BCUT2D eigenvalue weighted by molar-refractivity contribution is 5.70. The molecule has 2 atom stereocenters. The normalized spacial score (nSPS) is 13.5. The molecule has 0 aliphatic heterocycles. The van der Waals surface area contributed by atoms with Gasteiger partial charge < -0.3 is 28.6 Å². The maximum Gasteiger partial charge on any atom is 0.306 e. The van der Waals surface area contributed by atoms with Gasteiger partial charge in [0, 0.05) is 19.3 Å². The number of hydrogen-bond donors (Lipinski definition) is 0.